The average Bonchev–Trinajstić information content (AvgIpc) is 2.34. The van der Waals surface area contributed by atoms with E-state index in [0.717, 1.165) is 0 Å². The quantitative estimate of drug-likeness (QED) is 0.845. The second kappa shape index (κ2) is 5.02. The minimum absolute atomic E-state index is 0.0996. The summed E-state index contributed by atoms with van der Waals surface area (Å²) in [6.45, 7) is 1.60. The number of anilines is 1. The number of nitrogens with one attached hydrogen (secondary N) is 1. The first kappa shape index (κ1) is 13.6. The third-order valence-electron chi connectivity index (χ3n) is 2.33. The molecule has 19 heavy (non-hydrogen) atoms. The monoisotopic (exact) mass is 299 g/mol. The van der Waals surface area contributed by atoms with Gasteiger partial charge in [0.15, 0.2) is 0 Å². The lowest BCUT2D eigenvalue weighted by atomic mass is 10.3. The van der Waals surface area contributed by atoms with Crippen LogP contribution in [0, 0.1) is 6.92 Å². The predicted octanol–water partition coefficient (Wildman–Crippen LogP) is 1.94. The summed E-state index contributed by atoms with van der Waals surface area (Å²) in [5.74, 6) is -0.0996. The Hall–Kier alpha value is -1.86. The summed E-state index contributed by atoms with van der Waals surface area (Å²) in [6.07, 6.45) is 2.69. The molecule has 0 radical (unpaired) electrons. The Morgan fingerprint density at radius 1 is 1.37 bits per heavy atom. The number of rotatable bonds is 3. The van der Waals surface area contributed by atoms with E-state index in [1.54, 1.807) is 6.92 Å². The smallest absolute Gasteiger partial charge is 0.265 e. The second-order valence-electron chi connectivity index (χ2n) is 3.73. The summed E-state index contributed by atoms with van der Waals surface area (Å²) in [6, 6.07) is 4.06. The lowest BCUT2D eigenvalue weighted by Crippen LogP contribution is -2.14. The van der Waals surface area contributed by atoms with Crippen molar-refractivity contribution in [1.82, 2.24) is 9.97 Å². The zero-order valence-corrected chi connectivity index (χ0v) is 11.4. The zero-order chi connectivity index (χ0) is 14.0. The molecule has 0 saturated heterocycles. The van der Waals surface area contributed by atoms with Gasteiger partial charge >= 0.3 is 0 Å². The van der Waals surface area contributed by atoms with Crippen LogP contribution < -0.4 is 4.72 Å². The summed E-state index contributed by atoms with van der Waals surface area (Å²) in [5, 5.41) is 9.36. The minimum atomic E-state index is -3.87. The van der Waals surface area contributed by atoms with E-state index in [-0.39, 0.29) is 21.5 Å². The molecule has 0 spiro atoms. The number of nitrogens with zero attached hydrogens (tertiary/aromatic N) is 2. The molecule has 0 saturated carbocycles. The van der Waals surface area contributed by atoms with Gasteiger partial charge in [-0.1, -0.05) is 11.6 Å². The standard InChI is InChI=1S/C11H10ClN3O3S/c1-7-9(16)5-8(6-14-7)15-19(17,18)10-3-2-4-13-11(10)12/h2-6,15-16H,1H3. The highest BCUT2D eigenvalue weighted by Gasteiger charge is 2.18. The lowest BCUT2D eigenvalue weighted by Gasteiger charge is -2.09. The molecule has 8 heteroatoms. The highest BCUT2D eigenvalue weighted by atomic mass is 35.5. The van der Waals surface area contributed by atoms with Crippen molar-refractivity contribution in [3.8, 4) is 5.75 Å². The molecule has 0 atom stereocenters. The number of hydrogen-bond donors (Lipinski definition) is 2. The number of pyridine rings is 2. The van der Waals surface area contributed by atoms with E-state index in [9.17, 15) is 13.5 Å². The molecule has 0 aliphatic rings. The second-order valence-corrected chi connectivity index (χ2v) is 5.74. The molecule has 0 bridgehead atoms. The molecule has 2 heterocycles. The Bertz CT molecular complexity index is 719. The van der Waals surface area contributed by atoms with E-state index < -0.39 is 10.0 Å². The number of halogens is 1. The predicted molar refractivity (Wildman–Crippen MR) is 70.7 cm³/mol. The fourth-order valence-electron chi connectivity index (χ4n) is 1.36. The maximum Gasteiger partial charge on any atom is 0.265 e. The lowest BCUT2D eigenvalue weighted by molar-refractivity contribution is 0.468. The largest absolute Gasteiger partial charge is 0.506 e. The molecule has 2 N–H and O–H groups in total. The van der Waals surface area contributed by atoms with Crippen LogP contribution in [0.4, 0.5) is 5.69 Å². The summed E-state index contributed by atoms with van der Waals surface area (Å²) in [7, 11) is -3.87. The molecule has 2 aromatic rings. The van der Waals surface area contributed by atoms with Gasteiger partial charge in [-0.05, 0) is 19.1 Å². The first-order chi connectivity index (χ1) is 8.90. The van der Waals surface area contributed by atoms with Crippen molar-refractivity contribution in [2.75, 3.05) is 4.72 Å². The number of aromatic hydroxyl groups is 1. The minimum Gasteiger partial charge on any atom is -0.506 e. The van der Waals surface area contributed by atoms with Gasteiger partial charge < -0.3 is 5.11 Å². The summed E-state index contributed by atoms with van der Waals surface area (Å²) in [5.41, 5.74) is 0.547. The summed E-state index contributed by atoms with van der Waals surface area (Å²) >= 11 is 5.74. The van der Waals surface area contributed by atoms with Crippen LogP contribution in [0.2, 0.25) is 5.15 Å². The molecule has 2 rings (SSSR count). The SMILES string of the molecule is Cc1ncc(NS(=O)(=O)c2cccnc2Cl)cc1O. The maximum atomic E-state index is 12.1. The van der Waals surface area contributed by atoms with Gasteiger partial charge in [-0.15, -0.1) is 0 Å². The highest BCUT2D eigenvalue weighted by molar-refractivity contribution is 7.92. The number of aryl methyl sites for hydroxylation is 1. The van der Waals surface area contributed by atoms with Crippen LogP contribution >= 0.6 is 11.6 Å². The Kier molecular flexibility index (Phi) is 3.59. The van der Waals surface area contributed by atoms with E-state index in [1.165, 1.54) is 30.6 Å². The Balaban J connectivity index is 2.37. The van der Waals surface area contributed by atoms with Crippen molar-refractivity contribution < 1.29 is 13.5 Å². The molecular weight excluding hydrogens is 290 g/mol. The fraction of sp³-hybridized carbons (Fsp3) is 0.0909. The number of aromatic nitrogens is 2. The van der Waals surface area contributed by atoms with Gasteiger partial charge in [0.2, 0.25) is 0 Å². The van der Waals surface area contributed by atoms with Crippen LogP contribution in [0.3, 0.4) is 0 Å². The van der Waals surface area contributed by atoms with Crippen LogP contribution in [0.1, 0.15) is 5.69 Å². The molecule has 6 nitrogen and oxygen atoms in total. The van der Waals surface area contributed by atoms with Gasteiger partial charge in [0.05, 0.1) is 17.6 Å². The third kappa shape index (κ3) is 2.94. The first-order valence-electron chi connectivity index (χ1n) is 5.19. The van der Waals surface area contributed by atoms with Gasteiger partial charge in [0, 0.05) is 12.3 Å². The van der Waals surface area contributed by atoms with Gasteiger partial charge in [-0.2, -0.15) is 0 Å². The molecule has 0 aliphatic heterocycles. The first-order valence-corrected chi connectivity index (χ1v) is 7.05. The Morgan fingerprint density at radius 2 is 2.11 bits per heavy atom. The van der Waals surface area contributed by atoms with Crippen LogP contribution in [0.5, 0.6) is 5.75 Å². The molecule has 2 aromatic heterocycles. The van der Waals surface area contributed by atoms with Crippen molar-refractivity contribution in [3.63, 3.8) is 0 Å². The zero-order valence-electron chi connectivity index (χ0n) is 9.83. The van der Waals surface area contributed by atoms with E-state index in [0.29, 0.717) is 5.69 Å². The van der Waals surface area contributed by atoms with Gasteiger partial charge in [0.1, 0.15) is 15.8 Å². The Morgan fingerprint density at radius 3 is 2.74 bits per heavy atom. The van der Waals surface area contributed by atoms with Crippen molar-refractivity contribution in [1.29, 1.82) is 0 Å². The maximum absolute atomic E-state index is 12.1. The van der Waals surface area contributed by atoms with E-state index in [2.05, 4.69) is 14.7 Å². The average molecular weight is 300 g/mol. The van der Waals surface area contributed by atoms with Gasteiger partial charge in [0.25, 0.3) is 10.0 Å². The van der Waals surface area contributed by atoms with Crippen molar-refractivity contribution in [3.05, 3.63) is 41.4 Å². The van der Waals surface area contributed by atoms with E-state index in [1.807, 2.05) is 0 Å². The third-order valence-corrected chi connectivity index (χ3v) is 4.15. The van der Waals surface area contributed by atoms with Crippen LogP contribution in [0.25, 0.3) is 0 Å². The fourth-order valence-corrected chi connectivity index (χ4v) is 2.85. The van der Waals surface area contributed by atoms with E-state index in [4.69, 9.17) is 11.6 Å². The molecule has 0 aliphatic carbocycles. The van der Waals surface area contributed by atoms with Crippen LogP contribution in [-0.2, 0) is 10.0 Å². The van der Waals surface area contributed by atoms with Gasteiger partial charge in [-0.3, -0.25) is 9.71 Å². The molecule has 0 unspecified atom stereocenters. The summed E-state index contributed by atoms with van der Waals surface area (Å²) < 4.78 is 26.4. The molecule has 100 valence electrons. The molecule has 0 fully saturated rings. The number of sulfonamides is 1. The number of hydrogen-bond acceptors (Lipinski definition) is 5. The van der Waals surface area contributed by atoms with Crippen molar-refractivity contribution >= 4 is 27.3 Å². The Labute approximate surface area is 115 Å². The van der Waals surface area contributed by atoms with Crippen molar-refractivity contribution in [2.45, 2.75) is 11.8 Å². The van der Waals surface area contributed by atoms with Crippen LogP contribution in [0.15, 0.2) is 35.5 Å². The van der Waals surface area contributed by atoms with E-state index >= 15 is 0 Å². The molecule has 0 aromatic carbocycles. The van der Waals surface area contributed by atoms with Gasteiger partial charge in [-0.25, -0.2) is 13.4 Å². The highest BCUT2D eigenvalue weighted by Crippen LogP contribution is 2.23. The van der Waals surface area contributed by atoms with Crippen LogP contribution in [-0.4, -0.2) is 23.5 Å². The normalized spacial score (nSPS) is 11.3. The molecular formula is C11H10ClN3O3S. The van der Waals surface area contributed by atoms with Crippen molar-refractivity contribution in [2.24, 2.45) is 0 Å². The summed E-state index contributed by atoms with van der Waals surface area (Å²) in [4.78, 5) is 7.41. The topological polar surface area (TPSA) is 92.2 Å². The molecule has 0 amide bonds.